The number of carbonyl (C=O) groups excluding carboxylic acids is 3. The number of amides is 2. The Kier molecular flexibility index (Phi) is 5.66. The van der Waals surface area contributed by atoms with Gasteiger partial charge in [-0.05, 0) is 18.6 Å². The third kappa shape index (κ3) is 4.87. The summed E-state index contributed by atoms with van der Waals surface area (Å²) in [7, 11) is 0. The summed E-state index contributed by atoms with van der Waals surface area (Å²) in [5.41, 5.74) is 5.61. The van der Waals surface area contributed by atoms with Gasteiger partial charge >= 0.3 is 0 Å². The maximum Gasteiger partial charge on any atom is 0.252 e. The van der Waals surface area contributed by atoms with Crippen LogP contribution in [0.25, 0.3) is 0 Å². The molecular formula is C13H17N3O3. The molecule has 1 atom stereocenters. The van der Waals surface area contributed by atoms with Crippen LogP contribution < -0.4 is 11.1 Å². The molecule has 0 bridgehead atoms. The molecule has 0 fully saturated rings. The number of nitrogens with two attached hydrogens (primary N) is 1. The van der Waals surface area contributed by atoms with Crippen molar-refractivity contribution in [3.63, 3.8) is 0 Å². The van der Waals surface area contributed by atoms with Crippen molar-refractivity contribution in [1.82, 2.24) is 10.3 Å². The van der Waals surface area contributed by atoms with Gasteiger partial charge in [0, 0.05) is 30.8 Å². The number of hydrogen-bond donors (Lipinski definition) is 2. The van der Waals surface area contributed by atoms with Gasteiger partial charge in [0.15, 0.2) is 0 Å². The molecule has 6 heteroatoms. The van der Waals surface area contributed by atoms with Crippen LogP contribution in [0.5, 0.6) is 0 Å². The van der Waals surface area contributed by atoms with Gasteiger partial charge in [0.05, 0.1) is 0 Å². The molecule has 0 saturated heterocycles. The third-order valence-electron chi connectivity index (χ3n) is 2.70. The monoisotopic (exact) mass is 263 g/mol. The Morgan fingerprint density at radius 3 is 2.47 bits per heavy atom. The van der Waals surface area contributed by atoms with Crippen molar-refractivity contribution in [2.75, 3.05) is 0 Å². The maximum absolute atomic E-state index is 11.8. The molecule has 0 aliphatic heterocycles. The standard InChI is InChI=1S/C13H17N3O3/c1-2-10(17)3-4-11(12(14)18)16-13(19)9-5-7-15-8-6-9/h5-8,11H,2-4H2,1H3,(H2,14,18)(H,16,19)/t11-/m0/s1. The molecule has 2 amide bonds. The van der Waals surface area contributed by atoms with Crippen LogP contribution >= 0.6 is 0 Å². The summed E-state index contributed by atoms with van der Waals surface area (Å²) in [6, 6.07) is 2.23. The Bertz CT molecular complexity index is 459. The summed E-state index contributed by atoms with van der Waals surface area (Å²) in [4.78, 5) is 38.1. The van der Waals surface area contributed by atoms with E-state index in [4.69, 9.17) is 5.73 Å². The lowest BCUT2D eigenvalue weighted by molar-refractivity contribution is -0.121. The van der Waals surface area contributed by atoms with Crippen LogP contribution in [0.15, 0.2) is 24.5 Å². The normalized spacial score (nSPS) is 11.6. The predicted octanol–water partition coefficient (Wildman–Crippen LogP) is 0.425. The van der Waals surface area contributed by atoms with E-state index in [0.29, 0.717) is 12.0 Å². The van der Waals surface area contributed by atoms with E-state index >= 15 is 0 Å². The van der Waals surface area contributed by atoms with Gasteiger partial charge in [0.2, 0.25) is 5.91 Å². The fourth-order valence-electron chi connectivity index (χ4n) is 1.51. The summed E-state index contributed by atoms with van der Waals surface area (Å²) in [5, 5.41) is 2.52. The Labute approximate surface area is 111 Å². The lowest BCUT2D eigenvalue weighted by Gasteiger charge is -2.14. The molecule has 1 heterocycles. The zero-order valence-electron chi connectivity index (χ0n) is 10.8. The van der Waals surface area contributed by atoms with E-state index in [2.05, 4.69) is 10.3 Å². The number of nitrogens with one attached hydrogen (secondary N) is 1. The molecule has 0 spiro atoms. The largest absolute Gasteiger partial charge is 0.368 e. The molecule has 0 aliphatic carbocycles. The Hall–Kier alpha value is -2.24. The molecule has 0 unspecified atom stereocenters. The Balaban J connectivity index is 2.61. The fraction of sp³-hybridized carbons (Fsp3) is 0.385. The number of pyridine rings is 1. The number of hydrogen-bond acceptors (Lipinski definition) is 4. The number of nitrogens with zero attached hydrogens (tertiary/aromatic N) is 1. The number of rotatable bonds is 7. The van der Waals surface area contributed by atoms with Gasteiger partial charge in [-0.2, -0.15) is 0 Å². The Morgan fingerprint density at radius 1 is 1.32 bits per heavy atom. The van der Waals surface area contributed by atoms with Crippen molar-refractivity contribution >= 4 is 17.6 Å². The first-order valence-electron chi connectivity index (χ1n) is 6.06. The van der Waals surface area contributed by atoms with Crippen LogP contribution in [0.4, 0.5) is 0 Å². The second-order valence-corrected chi connectivity index (χ2v) is 4.10. The van der Waals surface area contributed by atoms with E-state index in [-0.39, 0.29) is 18.6 Å². The summed E-state index contributed by atoms with van der Waals surface area (Å²) >= 11 is 0. The van der Waals surface area contributed by atoms with E-state index in [0.717, 1.165) is 0 Å². The summed E-state index contributed by atoms with van der Waals surface area (Å²) in [6.07, 6.45) is 3.81. The summed E-state index contributed by atoms with van der Waals surface area (Å²) in [6.45, 7) is 1.75. The van der Waals surface area contributed by atoms with Crippen LogP contribution in [0.2, 0.25) is 0 Å². The highest BCUT2D eigenvalue weighted by Crippen LogP contribution is 2.03. The molecule has 19 heavy (non-hydrogen) atoms. The second kappa shape index (κ2) is 7.25. The highest BCUT2D eigenvalue weighted by molar-refractivity contribution is 5.97. The minimum atomic E-state index is -0.837. The van der Waals surface area contributed by atoms with Gasteiger partial charge < -0.3 is 11.1 Å². The van der Waals surface area contributed by atoms with Gasteiger partial charge in [-0.15, -0.1) is 0 Å². The average Bonchev–Trinajstić information content (AvgIpc) is 2.43. The number of carbonyl (C=O) groups is 3. The first-order valence-corrected chi connectivity index (χ1v) is 6.06. The van der Waals surface area contributed by atoms with Gasteiger partial charge in [-0.1, -0.05) is 6.92 Å². The quantitative estimate of drug-likeness (QED) is 0.744. The minimum absolute atomic E-state index is 0.0319. The van der Waals surface area contributed by atoms with Crippen molar-refractivity contribution in [2.45, 2.75) is 32.2 Å². The highest BCUT2D eigenvalue weighted by atomic mass is 16.2. The zero-order valence-corrected chi connectivity index (χ0v) is 10.8. The predicted molar refractivity (Wildman–Crippen MR) is 69.2 cm³/mol. The van der Waals surface area contributed by atoms with E-state index in [1.807, 2.05) is 0 Å². The third-order valence-corrected chi connectivity index (χ3v) is 2.70. The number of aromatic nitrogens is 1. The Morgan fingerprint density at radius 2 is 1.95 bits per heavy atom. The smallest absolute Gasteiger partial charge is 0.252 e. The number of primary amides is 1. The minimum Gasteiger partial charge on any atom is -0.368 e. The molecule has 6 nitrogen and oxygen atoms in total. The van der Waals surface area contributed by atoms with Gasteiger partial charge in [-0.25, -0.2) is 0 Å². The molecule has 102 valence electrons. The lowest BCUT2D eigenvalue weighted by atomic mass is 10.1. The second-order valence-electron chi connectivity index (χ2n) is 4.10. The molecule has 0 aromatic carbocycles. The van der Waals surface area contributed by atoms with Crippen LogP contribution in [0.1, 0.15) is 36.5 Å². The van der Waals surface area contributed by atoms with Crippen LogP contribution in [0, 0.1) is 0 Å². The molecule has 0 saturated carbocycles. The number of ketones is 1. The van der Waals surface area contributed by atoms with E-state index in [1.165, 1.54) is 24.5 Å². The zero-order chi connectivity index (χ0) is 14.3. The van der Waals surface area contributed by atoms with E-state index in [9.17, 15) is 14.4 Å². The van der Waals surface area contributed by atoms with Crippen LogP contribution in [0.3, 0.4) is 0 Å². The number of Topliss-reactive ketones (excluding diaryl/α,β-unsaturated/α-hetero) is 1. The SMILES string of the molecule is CCC(=O)CC[C@H](NC(=O)c1ccncc1)C(N)=O. The highest BCUT2D eigenvalue weighted by Gasteiger charge is 2.19. The molecular weight excluding hydrogens is 246 g/mol. The van der Waals surface area contributed by atoms with Crippen molar-refractivity contribution in [1.29, 1.82) is 0 Å². The molecule has 1 aromatic heterocycles. The van der Waals surface area contributed by atoms with Crippen LogP contribution in [-0.4, -0.2) is 28.6 Å². The fourth-order valence-corrected chi connectivity index (χ4v) is 1.51. The molecule has 0 aliphatic rings. The van der Waals surface area contributed by atoms with Crippen molar-refractivity contribution in [3.05, 3.63) is 30.1 Å². The van der Waals surface area contributed by atoms with E-state index < -0.39 is 17.9 Å². The van der Waals surface area contributed by atoms with Crippen molar-refractivity contribution < 1.29 is 14.4 Å². The first kappa shape index (κ1) is 14.8. The lowest BCUT2D eigenvalue weighted by Crippen LogP contribution is -2.44. The maximum atomic E-state index is 11.8. The first-order chi connectivity index (χ1) is 9.04. The van der Waals surface area contributed by atoms with Crippen LogP contribution in [-0.2, 0) is 9.59 Å². The van der Waals surface area contributed by atoms with E-state index in [1.54, 1.807) is 6.92 Å². The molecule has 1 aromatic rings. The topological polar surface area (TPSA) is 102 Å². The summed E-state index contributed by atoms with van der Waals surface area (Å²) < 4.78 is 0. The molecule has 0 radical (unpaired) electrons. The van der Waals surface area contributed by atoms with Gasteiger partial charge in [-0.3, -0.25) is 19.4 Å². The summed E-state index contributed by atoms with van der Waals surface area (Å²) in [5.74, 6) is -1.02. The van der Waals surface area contributed by atoms with Gasteiger partial charge in [0.1, 0.15) is 11.8 Å². The van der Waals surface area contributed by atoms with Crippen molar-refractivity contribution in [2.24, 2.45) is 5.73 Å². The molecule has 3 N–H and O–H groups in total. The molecule has 1 rings (SSSR count). The van der Waals surface area contributed by atoms with Crippen molar-refractivity contribution in [3.8, 4) is 0 Å². The average molecular weight is 263 g/mol. The van der Waals surface area contributed by atoms with Gasteiger partial charge in [0.25, 0.3) is 5.91 Å².